The van der Waals surface area contributed by atoms with Crippen LogP contribution in [0, 0.1) is 17.4 Å². The van der Waals surface area contributed by atoms with Crippen LogP contribution in [0.1, 0.15) is 67.2 Å². The highest BCUT2D eigenvalue weighted by atomic mass is 79.9. The van der Waals surface area contributed by atoms with Crippen LogP contribution < -0.4 is 0 Å². The van der Waals surface area contributed by atoms with Crippen molar-refractivity contribution in [3.05, 3.63) is 11.4 Å². The lowest BCUT2D eigenvalue weighted by molar-refractivity contribution is 0.371. The van der Waals surface area contributed by atoms with Gasteiger partial charge >= 0.3 is 0 Å². The standard InChI is InChI=1S/C8H15N.C7H15Br/c1-8(2,3)6-5-7-9-4;1-7(2,3)5-4-6-8/h5-7H2,1-3H3;4-6H2,1-3H3. The average Bonchev–Trinajstić information content (AvgIpc) is 2.13. The van der Waals surface area contributed by atoms with Gasteiger partial charge in [-0.25, -0.2) is 6.57 Å². The van der Waals surface area contributed by atoms with Gasteiger partial charge in [0.2, 0.25) is 6.54 Å². The van der Waals surface area contributed by atoms with Crippen molar-refractivity contribution in [2.45, 2.75) is 67.2 Å². The van der Waals surface area contributed by atoms with Gasteiger partial charge in [0, 0.05) is 11.8 Å². The van der Waals surface area contributed by atoms with Crippen LogP contribution in [0.5, 0.6) is 0 Å². The monoisotopic (exact) mass is 303 g/mol. The van der Waals surface area contributed by atoms with Gasteiger partial charge in [0.25, 0.3) is 0 Å². The predicted octanol–water partition coefficient (Wildman–Crippen LogP) is 5.94. The van der Waals surface area contributed by atoms with E-state index in [1.165, 1.54) is 12.8 Å². The third-order valence-corrected chi connectivity index (χ3v) is 2.82. The van der Waals surface area contributed by atoms with Crippen molar-refractivity contribution in [1.82, 2.24) is 0 Å². The molecule has 2 heteroatoms. The van der Waals surface area contributed by atoms with Crippen molar-refractivity contribution in [1.29, 1.82) is 0 Å². The summed E-state index contributed by atoms with van der Waals surface area (Å²) in [5, 5.41) is 1.14. The Hall–Kier alpha value is -0.0300. The first kappa shape index (κ1) is 19.3. The Kier molecular flexibility index (Phi) is 11.3. The molecular formula is C15H30BrN. The topological polar surface area (TPSA) is 4.36 Å². The fraction of sp³-hybridized carbons (Fsp3) is 0.933. The van der Waals surface area contributed by atoms with Gasteiger partial charge in [-0.2, -0.15) is 0 Å². The number of hydrogen-bond acceptors (Lipinski definition) is 0. The van der Waals surface area contributed by atoms with Crippen molar-refractivity contribution >= 4 is 15.9 Å². The molecule has 0 aliphatic carbocycles. The minimum absolute atomic E-state index is 0.407. The summed E-state index contributed by atoms with van der Waals surface area (Å²) in [7, 11) is 0. The first-order valence-electron chi connectivity index (χ1n) is 6.51. The minimum atomic E-state index is 0.407. The molecule has 0 aliphatic heterocycles. The summed E-state index contributed by atoms with van der Waals surface area (Å²) >= 11 is 3.40. The van der Waals surface area contributed by atoms with Crippen LogP contribution in [0.3, 0.4) is 0 Å². The number of nitrogens with zero attached hydrogens (tertiary/aromatic N) is 1. The second-order valence-electron chi connectivity index (χ2n) is 6.90. The van der Waals surface area contributed by atoms with E-state index < -0.39 is 0 Å². The minimum Gasteiger partial charge on any atom is -0.317 e. The molecule has 0 fully saturated rings. The molecule has 0 bridgehead atoms. The molecule has 0 aromatic rings. The third-order valence-electron chi connectivity index (χ3n) is 2.26. The molecule has 0 N–H and O–H groups in total. The fourth-order valence-corrected chi connectivity index (χ4v) is 1.57. The largest absolute Gasteiger partial charge is 0.317 e. The summed E-state index contributed by atoms with van der Waals surface area (Å²) in [5.74, 6) is 0. The zero-order valence-corrected chi connectivity index (χ0v) is 14.2. The molecule has 0 unspecified atom stereocenters. The molecule has 0 heterocycles. The van der Waals surface area contributed by atoms with Crippen molar-refractivity contribution in [2.75, 3.05) is 11.9 Å². The molecule has 0 aromatic carbocycles. The van der Waals surface area contributed by atoms with Gasteiger partial charge in [0.05, 0.1) is 0 Å². The van der Waals surface area contributed by atoms with Gasteiger partial charge in [-0.3, -0.25) is 0 Å². The summed E-state index contributed by atoms with van der Waals surface area (Å²) in [5.41, 5.74) is 0.929. The van der Waals surface area contributed by atoms with E-state index in [0.29, 0.717) is 17.4 Å². The molecular weight excluding hydrogens is 274 g/mol. The van der Waals surface area contributed by atoms with Crippen LogP contribution in [-0.2, 0) is 0 Å². The Balaban J connectivity index is 0. The third kappa shape index (κ3) is 25.9. The highest BCUT2D eigenvalue weighted by molar-refractivity contribution is 9.09. The first-order valence-corrected chi connectivity index (χ1v) is 7.64. The van der Waals surface area contributed by atoms with E-state index >= 15 is 0 Å². The van der Waals surface area contributed by atoms with Gasteiger partial charge < -0.3 is 4.85 Å². The van der Waals surface area contributed by atoms with Crippen LogP contribution in [0.25, 0.3) is 4.85 Å². The molecule has 0 amide bonds. The van der Waals surface area contributed by atoms with Crippen molar-refractivity contribution in [3.63, 3.8) is 0 Å². The highest BCUT2D eigenvalue weighted by Gasteiger charge is 2.09. The van der Waals surface area contributed by atoms with Gasteiger partial charge in [-0.1, -0.05) is 57.5 Å². The second-order valence-corrected chi connectivity index (χ2v) is 7.69. The van der Waals surface area contributed by atoms with E-state index in [0.717, 1.165) is 18.2 Å². The summed E-state index contributed by atoms with van der Waals surface area (Å²) in [4.78, 5) is 3.29. The first-order chi connectivity index (χ1) is 7.62. The summed E-state index contributed by atoms with van der Waals surface area (Å²) in [6.45, 7) is 20.7. The molecule has 102 valence electrons. The lowest BCUT2D eigenvalue weighted by Crippen LogP contribution is -2.04. The maximum absolute atomic E-state index is 6.54. The van der Waals surface area contributed by atoms with Crippen LogP contribution in [0.4, 0.5) is 0 Å². The molecule has 0 rings (SSSR count). The molecule has 0 atom stereocenters. The van der Waals surface area contributed by atoms with E-state index in [1.807, 2.05) is 0 Å². The van der Waals surface area contributed by atoms with E-state index in [4.69, 9.17) is 6.57 Å². The van der Waals surface area contributed by atoms with Gasteiger partial charge in [0.1, 0.15) is 0 Å². The molecule has 0 saturated heterocycles. The van der Waals surface area contributed by atoms with Crippen molar-refractivity contribution < 1.29 is 0 Å². The Labute approximate surface area is 117 Å². The Morgan fingerprint density at radius 2 is 1.29 bits per heavy atom. The fourth-order valence-electron chi connectivity index (χ4n) is 1.29. The zero-order valence-electron chi connectivity index (χ0n) is 12.6. The van der Waals surface area contributed by atoms with Gasteiger partial charge in [-0.05, 0) is 30.1 Å². The lowest BCUT2D eigenvalue weighted by Gasteiger charge is -2.16. The number of rotatable bonds is 4. The summed E-state index contributed by atoms with van der Waals surface area (Å²) in [6, 6.07) is 0. The summed E-state index contributed by atoms with van der Waals surface area (Å²) < 4.78 is 0. The summed E-state index contributed by atoms with van der Waals surface area (Å²) in [6.07, 6.45) is 4.82. The maximum Gasteiger partial charge on any atom is 0.214 e. The lowest BCUT2D eigenvalue weighted by atomic mass is 9.91. The molecule has 17 heavy (non-hydrogen) atoms. The van der Waals surface area contributed by atoms with E-state index in [1.54, 1.807) is 0 Å². The number of alkyl halides is 1. The normalized spacial score (nSPS) is 11.4. The van der Waals surface area contributed by atoms with Gasteiger partial charge in [0.15, 0.2) is 0 Å². The van der Waals surface area contributed by atoms with Crippen molar-refractivity contribution in [3.8, 4) is 0 Å². The van der Waals surface area contributed by atoms with E-state index in [9.17, 15) is 0 Å². The van der Waals surface area contributed by atoms with Crippen LogP contribution in [0.2, 0.25) is 0 Å². The molecule has 0 spiro atoms. The number of halogens is 1. The predicted molar refractivity (Wildman–Crippen MR) is 82.6 cm³/mol. The zero-order chi connectivity index (χ0) is 13.9. The van der Waals surface area contributed by atoms with Crippen molar-refractivity contribution in [2.24, 2.45) is 10.8 Å². The molecule has 0 saturated carbocycles. The highest BCUT2D eigenvalue weighted by Crippen LogP contribution is 2.20. The van der Waals surface area contributed by atoms with Crippen LogP contribution in [-0.4, -0.2) is 11.9 Å². The molecule has 1 nitrogen and oxygen atoms in total. The van der Waals surface area contributed by atoms with Gasteiger partial charge in [-0.15, -0.1) is 0 Å². The number of hydrogen-bond donors (Lipinski definition) is 0. The second kappa shape index (κ2) is 9.95. The van der Waals surface area contributed by atoms with Crippen LogP contribution in [0.15, 0.2) is 0 Å². The SMILES string of the molecule is CC(C)(C)CCCBr.[C-]#[N+]CCCC(C)(C)C. The van der Waals surface area contributed by atoms with E-state index in [-0.39, 0.29) is 0 Å². The average molecular weight is 304 g/mol. The maximum atomic E-state index is 6.54. The Morgan fingerprint density at radius 3 is 1.53 bits per heavy atom. The Morgan fingerprint density at radius 1 is 0.882 bits per heavy atom. The van der Waals surface area contributed by atoms with E-state index in [2.05, 4.69) is 62.3 Å². The molecule has 0 aromatic heterocycles. The Bertz CT molecular complexity index is 202. The molecule has 0 radical (unpaired) electrons. The molecule has 0 aliphatic rings. The van der Waals surface area contributed by atoms with Crippen LogP contribution >= 0.6 is 15.9 Å². The smallest absolute Gasteiger partial charge is 0.214 e. The quantitative estimate of drug-likeness (QED) is 0.344.